The van der Waals surface area contributed by atoms with Gasteiger partial charge in [0.1, 0.15) is 0 Å². The molecule has 154 valence electrons. The van der Waals surface area contributed by atoms with E-state index in [9.17, 15) is 9.90 Å². The number of fused-ring (bicyclic) bond motifs is 1. The Morgan fingerprint density at radius 3 is 2.76 bits per heavy atom. The van der Waals surface area contributed by atoms with E-state index in [0.717, 1.165) is 49.4 Å². The molecule has 2 aromatic carbocycles. The van der Waals surface area contributed by atoms with Crippen molar-refractivity contribution >= 4 is 23.6 Å². The van der Waals surface area contributed by atoms with Crippen LogP contribution >= 0.6 is 11.6 Å². The lowest BCUT2D eigenvalue weighted by Crippen LogP contribution is -2.31. The third-order valence-electron chi connectivity index (χ3n) is 5.47. The zero-order chi connectivity index (χ0) is 20.6. The lowest BCUT2D eigenvalue weighted by molar-refractivity contribution is -0.134. The summed E-state index contributed by atoms with van der Waals surface area (Å²) in [6.07, 6.45) is 7.07. The first-order valence-corrected chi connectivity index (χ1v) is 10.5. The van der Waals surface area contributed by atoms with Crippen molar-refractivity contribution in [3.8, 4) is 0 Å². The summed E-state index contributed by atoms with van der Waals surface area (Å²) < 4.78 is 4.66. The summed E-state index contributed by atoms with van der Waals surface area (Å²) in [5.41, 5.74) is 4.97. The summed E-state index contributed by atoms with van der Waals surface area (Å²) in [5.74, 6) is -0.347. The highest BCUT2D eigenvalue weighted by atomic mass is 35.5. The number of nitrogens with zero attached hydrogens (tertiary/aromatic N) is 1. The second-order valence-corrected chi connectivity index (χ2v) is 7.80. The average molecular weight is 414 g/mol. The van der Waals surface area contributed by atoms with Crippen molar-refractivity contribution in [2.45, 2.75) is 31.7 Å². The third kappa shape index (κ3) is 5.92. The van der Waals surface area contributed by atoms with Gasteiger partial charge in [0.05, 0.1) is 7.11 Å². The summed E-state index contributed by atoms with van der Waals surface area (Å²) in [5, 5.41) is 10.1. The van der Waals surface area contributed by atoms with Gasteiger partial charge in [0.15, 0.2) is 0 Å². The Morgan fingerprint density at radius 1 is 1.24 bits per heavy atom. The van der Waals surface area contributed by atoms with E-state index in [1.165, 1.54) is 29.9 Å². The smallest absolute Gasteiger partial charge is 0.330 e. The lowest BCUT2D eigenvalue weighted by atomic mass is 10.0. The van der Waals surface area contributed by atoms with Crippen LogP contribution in [0, 0.1) is 0 Å². The fraction of sp³-hybridized carbons (Fsp3) is 0.375. The highest BCUT2D eigenvalue weighted by Crippen LogP contribution is 2.36. The van der Waals surface area contributed by atoms with Crippen LogP contribution in [0.5, 0.6) is 0 Å². The van der Waals surface area contributed by atoms with Crippen molar-refractivity contribution < 1.29 is 14.6 Å². The van der Waals surface area contributed by atoms with Crippen molar-refractivity contribution in [1.29, 1.82) is 0 Å². The van der Waals surface area contributed by atoms with E-state index in [2.05, 4.69) is 40.0 Å². The number of benzene rings is 2. The Kier molecular flexibility index (Phi) is 7.87. The van der Waals surface area contributed by atoms with E-state index < -0.39 is 0 Å². The van der Waals surface area contributed by atoms with Gasteiger partial charge in [0.2, 0.25) is 0 Å². The number of halogens is 1. The number of esters is 1. The molecule has 1 N–H and O–H groups in total. The molecule has 0 fully saturated rings. The normalized spacial score (nSPS) is 15.8. The summed E-state index contributed by atoms with van der Waals surface area (Å²) in [4.78, 5) is 13.8. The molecule has 0 spiro atoms. The minimum Gasteiger partial charge on any atom is -0.466 e. The quantitative estimate of drug-likeness (QED) is 0.487. The number of ether oxygens (including phenoxy) is 1. The highest BCUT2D eigenvalue weighted by Gasteiger charge is 2.27. The molecule has 1 atom stereocenters. The number of methoxy groups -OCH3 is 1. The zero-order valence-electron chi connectivity index (χ0n) is 16.8. The van der Waals surface area contributed by atoms with Crippen LogP contribution in [0.1, 0.15) is 41.1 Å². The standard InChI is InChI=1S/C24H28ClNO3/c1-29-24(28)12-6-19-5-10-22-20(17-19)7-11-23(22)26(14-2-16-27)15-13-18-3-8-21(25)9-4-18/h3-6,8-10,12,17,23,27H,2,7,11,13-16H2,1H3. The minimum absolute atomic E-state index is 0.203. The lowest BCUT2D eigenvalue weighted by Gasteiger charge is -2.29. The van der Waals surface area contributed by atoms with E-state index >= 15 is 0 Å². The number of aliphatic hydroxyl groups excluding tert-OH is 1. The van der Waals surface area contributed by atoms with Crippen molar-refractivity contribution in [2.75, 3.05) is 26.8 Å². The van der Waals surface area contributed by atoms with Crippen LogP contribution in [0.2, 0.25) is 5.02 Å². The zero-order valence-corrected chi connectivity index (χ0v) is 17.6. The maximum atomic E-state index is 11.3. The highest BCUT2D eigenvalue weighted by molar-refractivity contribution is 6.30. The monoisotopic (exact) mass is 413 g/mol. The number of hydrogen-bond donors (Lipinski definition) is 1. The molecular weight excluding hydrogens is 386 g/mol. The molecule has 29 heavy (non-hydrogen) atoms. The first-order valence-electron chi connectivity index (χ1n) is 10.1. The van der Waals surface area contributed by atoms with Gasteiger partial charge >= 0.3 is 5.97 Å². The summed E-state index contributed by atoms with van der Waals surface area (Å²) in [6.45, 7) is 2.02. The topological polar surface area (TPSA) is 49.8 Å². The molecule has 5 heteroatoms. The Hall–Kier alpha value is -2.14. The molecule has 1 aliphatic carbocycles. The Morgan fingerprint density at radius 2 is 2.03 bits per heavy atom. The second-order valence-electron chi connectivity index (χ2n) is 7.36. The maximum absolute atomic E-state index is 11.3. The molecule has 0 saturated heterocycles. The van der Waals surface area contributed by atoms with Gasteiger partial charge in [-0.2, -0.15) is 0 Å². The second kappa shape index (κ2) is 10.6. The van der Waals surface area contributed by atoms with Gasteiger partial charge in [0, 0.05) is 36.8 Å². The maximum Gasteiger partial charge on any atom is 0.330 e. The predicted molar refractivity (Wildman–Crippen MR) is 117 cm³/mol. The van der Waals surface area contributed by atoms with Gasteiger partial charge in [-0.1, -0.05) is 41.9 Å². The van der Waals surface area contributed by atoms with Crippen LogP contribution < -0.4 is 0 Å². The number of rotatable bonds is 9. The van der Waals surface area contributed by atoms with E-state index in [1.54, 1.807) is 6.08 Å². The SMILES string of the molecule is COC(=O)C=Cc1ccc2c(c1)CCC2N(CCCO)CCc1ccc(Cl)cc1. The van der Waals surface area contributed by atoms with E-state index in [4.69, 9.17) is 11.6 Å². The Labute approximate surface area is 177 Å². The Balaban J connectivity index is 1.72. The molecule has 2 aromatic rings. The molecule has 0 saturated carbocycles. The Bertz CT molecular complexity index is 848. The fourth-order valence-corrected chi connectivity index (χ4v) is 4.08. The largest absolute Gasteiger partial charge is 0.466 e. The van der Waals surface area contributed by atoms with E-state index in [1.807, 2.05) is 12.1 Å². The summed E-state index contributed by atoms with van der Waals surface area (Å²) in [7, 11) is 1.38. The van der Waals surface area contributed by atoms with Gasteiger partial charge in [0.25, 0.3) is 0 Å². The van der Waals surface area contributed by atoms with Crippen molar-refractivity contribution in [2.24, 2.45) is 0 Å². The summed E-state index contributed by atoms with van der Waals surface area (Å²) in [6, 6.07) is 14.8. The van der Waals surface area contributed by atoms with Gasteiger partial charge in [-0.3, -0.25) is 4.90 Å². The average Bonchev–Trinajstić information content (AvgIpc) is 3.16. The molecule has 1 unspecified atom stereocenters. The molecule has 0 amide bonds. The predicted octanol–water partition coefficient (Wildman–Crippen LogP) is 4.44. The first kappa shape index (κ1) is 21.6. The number of hydrogen-bond acceptors (Lipinski definition) is 4. The molecule has 0 aliphatic heterocycles. The van der Waals surface area contributed by atoms with Crippen molar-refractivity contribution in [1.82, 2.24) is 4.90 Å². The number of carbonyl (C=O) groups excluding carboxylic acids is 1. The van der Waals surface area contributed by atoms with Crippen LogP contribution in [0.15, 0.2) is 48.5 Å². The molecule has 0 bridgehead atoms. The number of carbonyl (C=O) groups is 1. The fourth-order valence-electron chi connectivity index (χ4n) is 3.95. The van der Waals surface area contributed by atoms with Gasteiger partial charge < -0.3 is 9.84 Å². The van der Waals surface area contributed by atoms with E-state index in [0.29, 0.717) is 6.04 Å². The molecule has 0 aromatic heterocycles. The van der Waals surface area contributed by atoms with Crippen LogP contribution in [0.4, 0.5) is 0 Å². The van der Waals surface area contributed by atoms with Crippen LogP contribution in [-0.2, 0) is 22.4 Å². The van der Waals surface area contributed by atoms with Crippen LogP contribution in [0.3, 0.4) is 0 Å². The number of aryl methyl sites for hydroxylation is 1. The van der Waals surface area contributed by atoms with Crippen LogP contribution in [-0.4, -0.2) is 42.8 Å². The van der Waals surface area contributed by atoms with E-state index in [-0.39, 0.29) is 12.6 Å². The van der Waals surface area contributed by atoms with Crippen molar-refractivity contribution in [3.63, 3.8) is 0 Å². The molecule has 1 aliphatic rings. The molecule has 3 rings (SSSR count). The summed E-state index contributed by atoms with van der Waals surface area (Å²) >= 11 is 5.99. The minimum atomic E-state index is -0.347. The van der Waals surface area contributed by atoms with Gasteiger partial charge in [-0.15, -0.1) is 0 Å². The molecule has 0 radical (unpaired) electrons. The molecular formula is C24H28ClNO3. The van der Waals surface area contributed by atoms with Crippen molar-refractivity contribution in [3.05, 3.63) is 75.8 Å². The molecule has 4 nitrogen and oxygen atoms in total. The van der Waals surface area contributed by atoms with Crippen LogP contribution in [0.25, 0.3) is 6.08 Å². The molecule has 0 heterocycles. The third-order valence-corrected chi connectivity index (χ3v) is 5.72. The van der Waals surface area contributed by atoms with Gasteiger partial charge in [-0.25, -0.2) is 4.79 Å². The first-order chi connectivity index (χ1) is 14.1. The number of aliphatic hydroxyl groups is 1. The van der Waals surface area contributed by atoms with Gasteiger partial charge in [-0.05, 0) is 66.1 Å².